The molecule has 2 atom stereocenters. The molecular weight excluding hydrogens is 260 g/mol. The summed E-state index contributed by atoms with van der Waals surface area (Å²) in [4.78, 5) is 5.29. The van der Waals surface area contributed by atoms with Crippen LogP contribution in [-0.2, 0) is 17.7 Å². The lowest BCUT2D eigenvalue weighted by Gasteiger charge is -2.38. The van der Waals surface area contributed by atoms with E-state index >= 15 is 0 Å². The van der Waals surface area contributed by atoms with Gasteiger partial charge in [-0.3, -0.25) is 4.90 Å². The lowest BCUT2D eigenvalue weighted by Crippen LogP contribution is -2.47. The van der Waals surface area contributed by atoms with Gasteiger partial charge in [-0.15, -0.1) is 0 Å². The first-order valence-corrected chi connectivity index (χ1v) is 8.32. The van der Waals surface area contributed by atoms with E-state index in [9.17, 15) is 0 Å². The van der Waals surface area contributed by atoms with Crippen molar-refractivity contribution in [1.29, 1.82) is 0 Å². The number of benzene rings is 1. The fourth-order valence-corrected chi connectivity index (χ4v) is 3.94. The molecule has 0 radical (unpaired) electrons. The number of hydrogen-bond donors (Lipinski definition) is 0. The summed E-state index contributed by atoms with van der Waals surface area (Å²) in [5, 5.41) is 0. The molecule has 0 aromatic heterocycles. The van der Waals surface area contributed by atoms with E-state index in [0.29, 0.717) is 6.04 Å². The molecule has 2 aliphatic rings. The van der Waals surface area contributed by atoms with E-state index in [2.05, 4.69) is 41.0 Å². The van der Waals surface area contributed by atoms with Crippen LogP contribution in [0.25, 0.3) is 0 Å². The summed E-state index contributed by atoms with van der Waals surface area (Å²) in [6.45, 7) is 9.14. The Morgan fingerprint density at radius 3 is 2.81 bits per heavy atom. The van der Waals surface area contributed by atoms with Gasteiger partial charge >= 0.3 is 0 Å². The summed E-state index contributed by atoms with van der Waals surface area (Å²) in [6, 6.07) is 9.63. The molecule has 0 bridgehead atoms. The Bertz CT molecular complexity index is 462. The van der Waals surface area contributed by atoms with Crippen LogP contribution in [0.4, 0.5) is 0 Å². The SMILES string of the molecule is CCN1Cc2ccccc2C[C@H]1CN1CC[C@H](COC)C1. The predicted molar refractivity (Wildman–Crippen MR) is 86.4 cm³/mol. The van der Waals surface area contributed by atoms with Crippen molar-refractivity contribution >= 4 is 0 Å². The van der Waals surface area contributed by atoms with Gasteiger partial charge in [0.1, 0.15) is 0 Å². The molecule has 21 heavy (non-hydrogen) atoms. The van der Waals surface area contributed by atoms with Gasteiger partial charge in [0.05, 0.1) is 6.61 Å². The van der Waals surface area contributed by atoms with Crippen LogP contribution < -0.4 is 0 Å². The number of rotatable bonds is 5. The van der Waals surface area contributed by atoms with Crippen LogP contribution in [0.2, 0.25) is 0 Å². The van der Waals surface area contributed by atoms with Crippen LogP contribution in [0.3, 0.4) is 0 Å². The van der Waals surface area contributed by atoms with Gasteiger partial charge in [0.25, 0.3) is 0 Å². The molecule has 1 aromatic carbocycles. The topological polar surface area (TPSA) is 15.7 Å². The Balaban J connectivity index is 1.62. The van der Waals surface area contributed by atoms with Crippen LogP contribution in [0, 0.1) is 5.92 Å². The molecular formula is C18H28N2O. The van der Waals surface area contributed by atoms with Crippen molar-refractivity contribution in [3.05, 3.63) is 35.4 Å². The summed E-state index contributed by atoms with van der Waals surface area (Å²) in [7, 11) is 1.82. The lowest BCUT2D eigenvalue weighted by molar-refractivity contribution is 0.125. The number of ether oxygens (including phenoxy) is 1. The Morgan fingerprint density at radius 2 is 2.05 bits per heavy atom. The first-order chi connectivity index (χ1) is 10.3. The van der Waals surface area contributed by atoms with E-state index in [1.807, 2.05) is 7.11 Å². The number of likely N-dealkylation sites (tertiary alicyclic amines) is 1. The molecule has 1 saturated heterocycles. The van der Waals surface area contributed by atoms with E-state index < -0.39 is 0 Å². The highest BCUT2D eigenvalue weighted by atomic mass is 16.5. The Labute approximate surface area is 128 Å². The second-order valence-corrected chi connectivity index (χ2v) is 6.56. The van der Waals surface area contributed by atoms with E-state index in [1.165, 1.54) is 38.0 Å². The van der Waals surface area contributed by atoms with Crippen LogP contribution in [0.15, 0.2) is 24.3 Å². The van der Waals surface area contributed by atoms with Crippen LogP contribution in [-0.4, -0.2) is 55.7 Å². The minimum absolute atomic E-state index is 0.672. The number of nitrogens with zero attached hydrogens (tertiary/aromatic N) is 2. The highest BCUT2D eigenvalue weighted by Gasteiger charge is 2.29. The quantitative estimate of drug-likeness (QED) is 0.827. The molecule has 3 heteroatoms. The molecule has 0 unspecified atom stereocenters. The van der Waals surface area contributed by atoms with E-state index in [1.54, 1.807) is 5.56 Å². The molecule has 116 valence electrons. The van der Waals surface area contributed by atoms with Crippen molar-refractivity contribution in [1.82, 2.24) is 9.80 Å². The second kappa shape index (κ2) is 6.91. The summed E-state index contributed by atoms with van der Waals surface area (Å²) < 4.78 is 5.32. The average molecular weight is 288 g/mol. The standard InChI is InChI=1S/C18H28N2O/c1-3-20-12-17-7-5-4-6-16(17)10-18(20)13-19-9-8-15(11-19)14-21-2/h4-7,15,18H,3,8-14H2,1-2H3/t15-,18-/m0/s1. The summed E-state index contributed by atoms with van der Waals surface area (Å²) >= 11 is 0. The smallest absolute Gasteiger partial charge is 0.0503 e. The maximum absolute atomic E-state index is 5.32. The third kappa shape index (κ3) is 3.47. The molecule has 0 aliphatic carbocycles. The summed E-state index contributed by atoms with van der Waals surface area (Å²) in [6.07, 6.45) is 2.50. The van der Waals surface area contributed by atoms with Crippen LogP contribution in [0.5, 0.6) is 0 Å². The minimum Gasteiger partial charge on any atom is -0.384 e. The van der Waals surface area contributed by atoms with Crippen molar-refractivity contribution in [2.75, 3.05) is 39.9 Å². The number of likely N-dealkylation sites (N-methyl/N-ethyl adjacent to an activating group) is 1. The zero-order chi connectivity index (χ0) is 14.7. The molecule has 0 amide bonds. The van der Waals surface area contributed by atoms with Gasteiger partial charge < -0.3 is 9.64 Å². The fourth-order valence-electron chi connectivity index (χ4n) is 3.94. The Kier molecular flexibility index (Phi) is 4.94. The van der Waals surface area contributed by atoms with Gasteiger partial charge in [-0.2, -0.15) is 0 Å². The highest BCUT2D eigenvalue weighted by Crippen LogP contribution is 2.25. The molecule has 0 saturated carbocycles. The Morgan fingerprint density at radius 1 is 1.24 bits per heavy atom. The first-order valence-electron chi connectivity index (χ1n) is 8.32. The third-order valence-electron chi connectivity index (χ3n) is 5.11. The molecule has 1 fully saturated rings. The molecule has 2 aliphatic heterocycles. The van der Waals surface area contributed by atoms with Crippen molar-refractivity contribution in [2.24, 2.45) is 5.92 Å². The molecule has 0 N–H and O–H groups in total. The average Bonchev–Trinajstić information content (AvgIpc) is 2.94. The number of hydrogen-bond acceptors (Lipinski definition) is 3. The maximum atomic E-state index is 5.32. The van der Waals surface area contributed by atoms with Gasteiger partial charge in [0.2, 0.25) is 0 Å². The van der Waals surface area contributed by atoms with E-state index in [-0.39, 0.29) is 0 Å². The van der Waals surface area contributed by atoms with Crippen molar-refractivity contribution in [3.63, 3.8) is 0 Å². The van der Waals surface area contributed by atoms with Crippen molar-refractivity contribution in [3.8, 4) is 0 Å². The lowest BCUT2D eigenvalue weighted by atomic mass is 9.93. The normalized spacial score (nSPS) is 27.0. The zero-order valence-electron chi connectivity index (χ0n) is 13.4. The van der Waals surface area contributed by atoms with Crippen LogP contribution >= 0.6 is 0 Å². The van der Waals surface area contributed by atoms with Gasteiger partial charge in [0, 0.05) is 32.8 Å². The maximum Gasteiger partial charge on any atom is 0.0503 e. The fraction of sp³-hybridized carbons (Fsp3) is 0.667. The largest absolute Gasteiger partial charge is 0.384 e. The third-order valence-corrected chi connectivity index (χ3v) is 5.11. The minimum atomic E-state index is 0.672. The number of methoxy groups -OCH3 is 1. The highest BCUT2D eigenvalue weighted by molar-refractivity contribution is 5.30. The second-order valence-electron chi connectivity index (χ2n) is 6.56. The molecule has 2 heterocycles. The van der Waals surface area contributed by atoms with Gasteiger partial charge in [-0.05, 0) is 43.0 Å². The van der Waals surface area contributed by atoms with Crippen molar-refractivity contribution in [2.45, 2.75) is 32.4 Å². The van der Waals surface area contributed by atoms with E-state index in [4.69, 9.17) is 4.74 Å². The zero-order valence-corrected chi connectivity index (χ0v) is 13.4. The van der Waals surface area contributed by atoms with Crippen molar-refractivity contribution < 1.29 is 4.74 Å². The number of fused-ring (bicyclic) bond motifs is 1. The summed E-state index contributed by atoms with van der Waals surface area (Å²) in [5.41, 5.74) is 3.08. The molecule has 1 aromatic rings. The van der Waals surface area contributed by atoms with Gasteiger partial charge in [-0.25, -0.2) is 0 Å². The van der Waals surface area contributed by atoms with E-state index in [0.717, 1.165) is 25.6 Å². The monoisotopic (exact) mass is 288 g/mol. The first kappa shape index (κ1) is 15.0. The summed E-state index contributed by atoms with van der Waals surface area (Å²) in [5.74, 6) is 0.737. The molecule has 3 rings (SSSR count). The molecule has 0 spiro atoms. The molecule has 3 nitrogen and oxygen atoms in total. The van der Waals surface area contributed by atoms with Gasteiger partial charge in [-0.1, -0.05) is 31.2 Å². The predicted octanol–water partition coefficient (Wildman–Crippen LogP) is 2.40. The van der Waals surface area contributed by atoms with Crippen LogP contribution in [0.1, 0.15) is 24.5 Å². The Hall–Kier alpha value is -0.900. The van der Waals surface area contributed by atoms with Gasteiger partial charge in [0.15, 0.2) is 0 Å².